The van der Waals surface area contributed by atoms with Crippen LogP contribution < -0.4 is 0 Å². The first-order valence-electron chi connectivity index (χ1n) is 6.07. The molecule has 0 bridgehead atoms. The largest absolute Gasteiger partial charge is 0.313 e. The van der Waals surface area contributed by atoms with Gasteiger partial charge in [0.2, 0.25) is 0 Å². The summed E-state index contributed by atoms with van der Waals surface area (Å²) in [6, 6.07) is 0. The van der Waals surface area contributed by atoms with E-state index in [9.17, 15) is 4.57 Å². The van der Waals surface area contributed by atoms with E-state index in [1.54, 1.807) is 0 Å². The van der Waals surface area contributed by atoms with Gasteiger partial charge in [0.25, 0.3) is 0 Å². The molecule has 0 saturated heterocycles. The van der Waals surface area contributed by atoms with E-state index >= 15 is 0 Å². The molecule has 0 aromatic carbocycles. The van der Waals surface area contributed by atoms with Crippen molar-refractivity contribution in [1.29, 1.82) is 0 Å². The van der Waals surface area contributed by atoms with E-state index in [0.717, 1.165) is 12.8 Å². The maximum atomic E-state index is 11.9. The second-order valence-electron chi connectivity index (χ2n) is 4.33. The molecule has 0 saturated carbocycles. The molecule has 0 aromatic rings. The first-order valence-corrected chi connectivity index (χ1v) is 10.3. The molecule has 0 aliphatic carbocycles. The van der Waals surface area contributed by atoms with Gasteiger partial charge in [-0.25, -0.2) is 0 Å². The first-order chi connectivity index (χ1) is 7.41. The van der Waals surface area contributed by atoms with Crippen LogP contribution in [0.15, 0.2) is 0 Å². The van der Waals surface area contributed by atoms with E-state index in [4.69, 9.17) is 4.52 Å². The van der Waals surface area contributed by atoms with Crippen LogP contribution in [0.3, 0.4) is 0 Å². The van der Waals surface area contributed by atoms with E-state index in [1.807, 2.05) is 13.8 Å². The Morgan fingerprint density at radius 1 is 1.35 bits per heavy atom. The minimum Gasteiger partial charge on any atom is -0.313 e. The summed E-state index contributed by atoms with van der Waals surface area (Å²) in [5.74, 6) is -2.22. The van der Waals surface area contributed by atoms with Crippen LogP contribution in [-0.4, -0.2) is 11.9 Å². The van der Waals surface area contributed by atoms with Crippen LogP contribution >= 0.6 is 29.4 Å². The average molecular weight is 350 g/mol. The van der Waals surface area contributed by atoms with Crippen molar-refractivity contribution in [1.82, 2.24) is 0 Å². The third kappa shape index (κ3) is 12.3. The van der Waals surface area contributed by atoms with Gasteiger partial charge in [-0.2, -0.15) is 0 Å². The van der Waals surface area contributed by atoms with Gasteiger partial charge in [-0.3, -0.25) is 4.57 Å². The normalized spacial score (nSPS) is 16.4. The van der Waals surface area contributed by atoms with Gasteiger partial charge < -0.3 is 4.52 Å². The summed E-state index contributed by atoms with van der Waals surface area (Å²) in [6.45, 7) is 8.93. The van der Waals surface area contributed by atoms with Crippen molar-refractivity contribution in [2.75, 3.05) is 6.61 Å². The van der Waals surface area contributed by atoms with Crippen molar-refractivity contribution in [3.05, 3.63) is 0 Å². The minimum absolute atomic E-state index is 0. The van der Waals surface area contributed by atoms with Gasteiger partial charge in [-0.05, 0) is 12.3 Å². The monoisotopic (exact) mass is 348 g/mol. The molecule has 2 unspecified atom stereocenters. The van der Waals surface area contributed by atoms with Crippen molar-refractivity contribution in [2.45, 2.75) is 58.6 Å². The summed E-state index contributed by atoms with van der Waals surface area (Å²) >= 11 is 5.46. The molecular weight excluding hydrogens is 325 g/mol. The Morgan fingerprint density at radius 3 is 2.35 bits per heavy atom. The average Bonchev–Trinajstić information content (AvgIpc) is 2.16. The Labute approximate surface area is 129 Å². The molecule has 0 aromatic heterocycles. The Morgan fingerprint density at radius 2 is 1.94 bits per heavy atom. The van der Waals surface area contributed by atoms with E-state index < -0.39 is 5.77 Å². The molecule has 0 aliphatic rings. The van der Waals surface area contributed by atoms with Crippen LogP contribution in [0, 0.1) is 5.92 Å². The fourth-order valence-electron chi connectivity index (χ4n) is 1.39. The molecule has 0 aliphatic heterocycles. The number of rotatable bonds is 9. The van der Waals surface area contributed by atoms with Crippen LogP contribution in [-0.2, 0) is 28.6 Å². The van der Waals surface area contributed by atoms with Crippen molar-refractivity contribution in [2.24, 2.45) is 5.92 Å². The SMILES string of the molecule is CCCCC(CC)COP(=O)(S)SC(C)C.[Zn]. The number of unbranched alkanes of at least 4 members (excludes halogenated alkanes) is 1. The molecule has 0 amide bonds. The molecule has 17 heavy (non-hydrogen) atoms. The predicted octanol–water partition coefficient (Wildman–Crippen LogP) is 5.40. The van der Waals surface area contributed by atoms with E-state index in [0.29, 0.717) is 17.8 Å². The molecular formula is C11H25O2PS2Zn. The Balaban J connectivity index is 0. The molecule has 0 radical (unpaired) electrons. The van der Waals surface area contributed by atoms with Gasteiger partial charge in [-0.15, -0.1) is 0 Å². The van der Waals surface area contributed by atoms with Crippen LogP contribution in [0.2, 0.25) is 0 Å². The smallest absolute Gasteiger partial charge is 0.310 e. The van der Waals surface area contributed by atoms with E-state index in [-0.39, 0.29) is 19.5 Å². The zero-order valence-electron chi connectivity index (χ0n) is 11.5. The summed E-state index contributed by atoms with van der Waals surface area (Å²) in [5.41, 5.74) is 0. The molecule has 0 spiro atoms. The molecule has 6 heteroatoms. The fraction of sp³-hybridized carbons (Fsp3) is 1.00. The van der Waals surface area contributed by atoms with E-state index in [1.165, 1.54) is 24.2 Å². The van der Waals surface area contributed by atoms with Crippen molar-refractivity contribution >= 4 is 29.4 Å². The standard InChI is InChI=1S/C11H25O2PS2.Zn/c1-5-7-8-11(6-2)9-13-14(12,15)16-10(3)4;/h10-11H,5-9H2,1-4H3,(H,12,15);. The summed E-state index contributed by atoms with van der Waals surface area (Å²) in [6.07, 6.45) is 4.67. The van der Waals surface area contributed by atoms with Gasteiger partial charge in [0, 0.05) is 24.7 Å². The second-order valence-corrected chi connectivity index (χ2v) is 11.2. The summed E-state index contributed by atoms with van der Waals surface area (Å²) in [5, 5.41) is 0.291. The Hall–Kier alpha value is 1.51. The number of hydrogen-bond donors (Lipinski definition) is 1. The molecule has 0 heterocycles. The maximum absolute atomic E-state index is 11.9. The zero-order valence-corrected chi connectivity index (χ0v) is 17.1. The van der Waals surface area contributed by atoms with Crippen molar-refractivity contribution < 1.29 is 28.6 Å². The Bertz CT molecular complexity index is 228. The third-order valence-corrected chi connectivity index (χ3v) is 7.10. The first kappa shape index (κ1) is 20.8. The fourth-order valence-corrected chi connectivity index (χ4v) is 6.25. The quantitative estimate of drug-likeness (QED) is 0.343. The predicted molar refractivity (Wildman–Crippen MR) is 78.6 cm³/mol. The molecule has 100 valence electrons. The Kier molecular flexibility index (Phi) is 13.9. The number of hydrogen-bond acceptors (Lipinski definition) is 3. The van der Waals surface area contributed by atoms with Crippen LogP contribution in [0.5, 0.6) is 0 Å². The molecule has 0 rings (SSSR count). The summed E-state index contributed by atoms with van der Waals surface area (Å²) in [7, 11) is 0. The molecule has 2 nitrogen and oxygen atoms in total. The summed E-state index contributed by atoms with van der Waals surface area (Å²) < 4.78 is 17.4. The van der Waals surface area contributed by atoms with Gasteiger partial charge >= 0.3 is 5.77 Å². The van der Waals surface area contributed by atoms with Gasteiger partial charge in [0.05, 0.1) is 6.61 Å². The maximum Gasteiger partial charge on any atom is 0.310 e. The molecule has 2 atom stereocenters. The van der Waals surface area contributed by atoms with Crippen LogP contribution in [0.25, 0.3) is 0 Å². The van der Waals surface area contributed by atoms with Gasteiger partial charge in [0.15, 0.2) is 0 Å². The molecule has 0 N–H and O–H groups in total. The van der Waals surface area contributed by atoms with Crippen molar-refractivity contribution in [3.8, 4) is 0 Å². The third-order valence-electron chi connectivity index (χ3n) is 2.36. The van der Waals surface area contributed by atoms with Crippen molar-refractivity contribution in [3.63, 3.8) is 0 Å². The van der Waals surface area contributed by atoms with Gasteiger partial charge in [0.1, 0.15) is 0 Å². The molecule has 0 fully saturated rings. The number of thiol groups is 1. The zero-order chi connectivity index (χ0) is 12.6. The van der Waals surface area contributed by atoms with E-state index in [2.05, 4.69) is 26.1 Å². The van der Waals surface area contributed by atoms with Gasteiger partial charge in [-0.1, -0.05) is 70.6 Å². The topological polar surface area (TPSA) is 26.3 Å². The minimum atomic E-state index is -2.74. The summed E-state index contributed by atoms with van der Waals surface area (Å²) in [4.78, 5) is 0. The van der Waals surface area contributed by atoms with Crippen LogP contribution in [0.4, 0.5) is 0 Å². The van der Waals surface area contributed by atoms with Crippen LogP contribution in [0.1, 0.15) is 53.4 Å². The second kappa shape index (κ2) is 11.3.